The van der Waals surface area contributed by atoms with Crippen molar-refractivity contribution >= 4 is 40.8 Å². The van der Waals surface area contributed by atoms with Gasteiger partial charge in [-0.1, -0.05) is 53.0 Å². The lowest BCUT2D eigenvalue weighted by molar-refractivity contribution is -0.133. The van der Waals surface area contributed by atoms with Gasteiger partial charge in [0, 0.05) is 0 Å². The van der Waals surface area contributed by atoms with E-state index in [1.54, 1.807) is 0 Å². The van der Waals surface area contributed by atoms with Gasteiger partial charge in [-0.3, -0.25) is 0 Å². The monoisotopic (exact) mass is 266 g/mol. The number of ether oxygens (including phenoxy) is 1. The summed E-state index contributed by atoms with van der Waals surface area (Å²) in [5.74, 6) is -0.460. The molecule has 0 N–H and O–H groups in total. The lowest BCUT2D eigenvalue weighted by atomic mass is 10.1. The lowest BCUT2D eigenvalue weighted by Gasteiger charge is -2.13. The van der Waals surface area contributed by atoms with Crippen LogP contribution in [0.2, 0.25) is 0 Å². The molecule has 0 saturated carbocycles. The van der Waals surface area contributed by atoms with Crippen LogP contribution in [-0.2, 0) is 4.79 Å². The van der Waals surface area contributed by atoms with E-state index in [2.05, 4.69) is 0 Å². The summed E-state index contributed by atoms with van der Waals surface area (Å²) >= 11 is 16.2. The van der Waals surface area contributed by atoms with Crippen LogP contribution in [0.3, 0.4) is 0 Å². The number of rotatable bonds is 1. The zero-order valence-corrected chi connectivity index (χ0v) is 10.5. The molecule has 2 nitrogen and oxygen atoms in total. The summed E-state index contributed by atoms with van der Waals surface area (Å²) in [7, 11) is 0. The van der Waals surface area contributed by atoms with E-state index in [4.69, 9.17) is 39.5 Å². The Morgan fingerprint density at radius 3 is 2.07 bits per heavy atom. The van der Waals surface area contributed by atoms with Crippen molar-refractivity contribution in [3.05, 3.63) is 29.3 Å². The van der Waals surface area contributed by atoms with E-state index in [0.717, 1.165) is 11.1 Å². The molecule has 0 aromatic heterocycles. The van der Waals surface area contributed by atoms with Crippen molar-refractivity contribution in [3.8, 4) is 5.75 Å². The Balaban J connectivity index is 2.95. The summed E-state index contributed by atoms with van der Waals surface area (Å²) in [6.45, 7) is 3.63. The predicted octanol–water partition coefficient (Wildman–Crippen LogP) is 3.58. The third kappa shape index (κ3) is 3.26. The Morgan fingerprint density at radius 1 is 1.20 bits per heavy atom. The van der Waals surface area contributed by atoms with Crippen LogP contribution in [0.5, 0.6) is 5.75 Å². The van der Waals surface area contributed by atoms with Gasteiger partial charge in [0.15, 0.2) is 0 Å². The minimum atomic E-state index is -2.05. The number of esters is 1. The molecule has 0 aliphatic carbocycles. The third-order valence-electron chi connectivity index (χ3n) is 1.83. The van der Waals surface area contributed by atoms with Crippen LogP contribution in [0, 0.1) is 13.8 Å². The summed E-state index contributed by atoms with van der Waals surface area (Å²) in [4.78, 5) is 11.3. The molecule has 0 heterocycles. The van der Waals surface area contributed by atoms with E-state index in [0.29, 0.717) is 5.75 Å². The van der Waals surface area contributed by atoms with E-state index in [1.165, 1.54) is 0 Å². The van der Waals surface area contributed by atoms with Crippen LogP contribution < -0.4 is 4.74 Å². The molecule has 0 fully saturated rings. The zero-order valence-electron chi connectivity index (χ0n) is 8.18. The van der Waals surface area contributed by atoms with Gasteiger partial charge in [-0.15, -0.1) is 0 Å². The van der Waals surface area contributed by atoms with E-state index in [1.807, 2.05) is 32.0 Å². The molecule has 0 radical (unpaired) electrons. The van der Waals surface area contributed by atoms with Crippen molar-refractivity contribution in [1.29, 1.82) is 0 Å². The quantitative estimate of drug-likeness (QED) is 0.442. The lowest BCUT2D eigenvalue weighted by Crippen LogP contribution is -2.25. The van der Waals surface area contributed by atoms with Crippen molar-refractivity contribution in [2.75, 3.05) is 0 Å². The summed E-state index contributed by atoms with van der Waals surface area (Å²) in [5.41, 5.74) is 1.63. The van der Waals surface area contributed by atoms with Gasteiger partial charge in [0.25, 0.3) is 3.79 Å². The van der Waals surface area contributed by atoms with Gasteiger partial charge in [0.1, 0.15) is 5.75 Å². The highest BCUT2D eigenvalue weighted by Gasteiger charge is 2.33. The van der Waals surface area contributed by atoms with Gasteiger partial charge in [0.2, 0.25) is 0 Å². The average Bonchev–Trinajstić information content (AvgIpc) is 2.09. The summed E-state index contributed by atoms with van der Waals surface area (Å²) in [6, 6.07) is 5.49. The first-order valence-corrected chi connectivity index (χ1v) is 5.31. The van der Waals surface area contributed by atoms with Gasteiger partial charge in [-0.25, -0.2) is 4.79 Å². The topological polar surface area (TPSA) is 26.3 Å². The smallest absolute Gasteiger partial charge is 0.363 e. The standard InChI is InChI=1S/C10H9Cl3O2/c1-6-4-3-5-7(2)8(6)15-9(14)10(11,12)13/h3-5H,1-2H3. The van der Waals surface area contributed by atoms with Gasteiger partial charge in [-0.05, 0) is 25.0 Å². The maximum Gasteiger partial charge on any atom is 0.363 e. The highest BCUT2D eigenvalue weighted by molar-refractivity contribution is 6.75. The number of aryl methyl sites for hydroxylation is 2. The van der Waals surface area contributed by atoms with Crippen LogP contribution in [0.4, 0.5) is 0 Å². The average molecular weight is 268 g/mol. The molecule has 0 spiro atoms. The van der Waals surface area contributed by atoms with Crippen LogP contribution in [0.15, 0.2) is 18.2 Å². The fourth-order valence-corrected chi connectivity index (χ4v) is 1.23. The van der Waals surface area contributed by atoms with E-state index in [9.17, 15) is 4.79 Å². The minimum absolute atomic E-state index is 0.439. The second kappa shape index (κ2) is 4.60. The van der Waals surface area contributed by atoms with Crippen LogP contribution in [-0.4, -0.2) is 9.76 Å². The highest BCUT2D eigenvalue weighted by Crippen LogP contribution is 2.30. The SMILES string of the molecule is Cc1cccc(C)c1OC(=O)C(Cl)(Cl)Cl. The van der Waals surface area contributed by atoms with Gasteiger partial charge in [-0.2, -0.15) is 0 Å². The van der Waals surface area contributed by atoms with Crippen LogP contribution in [0.25, 0.3) is 0 Å². The Kier molecular flexibility index (Phi) is 3.87. The molecule has 0 amide bonds. The van der Waals surface area contributed by atoms with E-state index >= 15 is 0 Å². The molecule has 1 rings (SSSR count). The van der Waals surface area contributed by atoms with Gasteiger partial charge < -0.3 is 4.74 Å². The van der Waals surface area contributed by atoms with Gasteiger partial charge in [0.05, 0.1) is 0 Å². The fourth-order valence-electron chi connectivity index (χ4n) is 1.11. The molecule has 0 saturated heterocycles. The number of halogens is 3. The van der Waals surface area contributed by atoms with Gasteiger partial charge >= 0.3 is 5.97 Å². The Hall–Kier alpha value is -0.440. The summed E-state index contributed by atoms with van der Waals surface area (Å²) < 4.78 is 2.96. The first-order valence-electron chi connectivity index (χ1n) is 4.17. The molecule has 1 aromatic carbocycles. The number of alkyl halides is 3. The number of para-hydroxylation sites is 1. The van der Waals surface area contributed by atoms with Crippen molar-refractivity contribution in [2.24, 2.45) is 0 Å². The molecule has 1 aromatic rings. The Labute approximate surface area is 103 Å². The van der Waals surface area contributed by atoms with Crippen LogP contribution in [0.1, 0.15) is 11.1 Å². The number of carbonyl (C=O) groups is 1. The molecule has 0 unspecified atom stereocenters. The summed E-state index contributed by atoms with van der Waals surface area (Å²) in [5, 5.41) is 0. The molecular weight excluding hydrogens is 258 g/mol. The Morgan fingerprint density at radius 2 is 1.67 bits per heavy atom. The first kappa shape index (κ1) is 12.6. The molecule has 0 bridgehead atoms. The minimum Gasteiger partial charge on any atom is -0.423 e. The summed E-state index contributed by atoms with van der Waals surface area (Å²) in [6.07, 6.45) is 0. The second-order valence-corrected chi connectivity index (χ2v) is 5.39. The molecular formula is C10H9Cl3O2. The molecule has 5 heteroatoms. The van der Waals surface area contributed by atoms with Crippen molar-refractivity contribution in [3.63, 3.8) is 0 Å². The number of hydrogen-bond donors (Lipinski definition) is 0. The third-order valence-corrected chi connectivity index (χ3v) is 2.30. The maximum atomic E-state index is 11.3. The molecule has 82 valence electrons. The largest absolute Gasteiger partial charge is 0.423 e. The molecule has 0 aliphatic heterocycles. The second-order valence-electron chi connectivity index (χ2n) is 3.11. The van der Waals surface area contributed by atoms with Crippen molar-refractivity contribution in [2.45, 2.75) is 17.6 Å². The van der Waals surface area contributed by atoms with E-state index in [-0.39, 0.29) is 0 Å². The number of carbonyl (C=O) groups excluding carboxylic acids is 1. The molecule has 0 aliphatic rings. The number of hydrogen-bond acceptors (Lipinski definition) is 2. The number of benzene rings is 1. The molecule has 0 atom stereocenters. The first-order chi connectivity index (χ1) is 6.82. The molecule has 15 heavy (non-hydrogen) atoms. The van der Waals surface area contributed by atoms with Crippen molar-refractivity contribution in [1.82, 2.24) is 0 Å². The van der Waals surface area contributed by atoms with E-state index < -0.39 is 9.76 Å². The highest BCUT2D eigenvalue weighted by atomic mass is 35.6. The normalized spacial score (nSPS) is 11.3. The maximum absolute atomic E-state index is 11.3. The predicted molar refractivity (Wildman–Crippen MR) is 61.8 cm³/mol. The fraction of sp³-hybridized carbons (Fsp3) is 0.300. The Bertz CT molecular complexity index is 362. The van der Waals surface area contributed by atoms with Crippen LogP contribution >= 0.6 is 34.8 Å². The zero-order chi connectivity index (χ0) is 11.6. The van der Waals surface area contributed by atoms with Crippen molar-refractivity contribution < 1.29 is 9.53 Å².